The maximum atomic E-state index is 4.63. The lowest BCUT2D eigenvalue weighted by atomic mass is 9.93. The molecule has 0 saturated heterocycles. The van der Waals surface area contributed by atoms with Crippen molar-refractivity contribution in [2.75, 3.05) is 6.54 Å². The molecule has 2 rings (SSSR count). The first kappa shape index (κ1) is 16.0. The van der Waals surface area contributed by atoms with Crippen molar-refractivity contribution >= 4 is 15.9 Å². The van der Waals surface area contributed by atoms with Crippen LogP contribution in [0.2, 0.25) is 0 Å². The van der Waals surface area contributed by atoms with Gasteiger partial charge in [-0.3, -0.25) is 4.68 Å². The van der Waals surface area contributed by atoms with E-state index in [-0.39, 0.29) is 0 Å². The number of halogens is 1. The van der Waals surface area contributed by atoms with E-state index in [1.807, 2.05) is 0 Å². The van der Waals surface area contributed by atoms with Gasteiger partial charge in [0, 0.05) is 19.0 Å². The summed E-state index contributed by atoms with van der Waals surface area (Å²) in [5.74, 6) is 1.71. The fourth-order valence-corrected chi connectivity index (χ4v) is 4.00. The lowest BCUT2D eigenvalue weighted by Crippen LogP contribution is -2.37. The molecule has 1 fully saturated rings. The summed E-state index contributed by atoms with van der Waals surface area (Å²) in [4.78, 5) is 0. The van der Waals surface area contributed by atoms with Crippen LogP contribution in [0.3, 0.4) is 0 Å². The molecular formula is C16H28BrN3. The Balaban J connectivity index is 2.15. The summed E-state index contributed by atoms with van der Waals surface area (Å²) in [6, 6.07) is 0.586. The zero-order chi connectivity index (χ0) is 14.7. The molecule has 3 nitrogen and oxygen atoms in total. The SMILES string of the molecule is CCNC(Cc1c(Br)c(C)nn1CC)C1CCC(C)C1. The van der Waals surface area contributed by atoms with Gasteiger partial charge >= 0.3 is 0 Å². The molecule has 4 heteroatoms. The molecule has 0 amide bonds. The second kappa shape index (κ2) is 7.08. The van der Waals surface area contributed by atoms with E-state index in [1.54, 1.807) is 0 Å². The van der Waals surface area contributed by atoms with E-state index < -0.39 is 0 Å². The zero-order valence-electron chi connectivity index (χ0n) is 13.2. The molecule has 0 radical (unpaired) electrons. The summed E-state index contributed by atoms with van der Waals surface area (Å²) in [5, 5.41) is 8.34. The highest BCUT2D eigenvalue weighted by atomic mass is 79.9. The van der Waals surface area contributed by atoms with Gasteiger partial charge in [-0.1, -0.05) is 20.3 Å². The summed E-state index contributed by atoms with van der Waals surface area (Å²) in [6.45, 7) is 10.8. The lowest BCUT2D eigenvalue weighted by molar-refractivity contribution is 0.347. The highest BCUT2D eigenvalue weighted by molar-refractivity contribution is 9.10. The Kier molecular flexibility index (Phi) is 5.67. The van der Waals surface area contributed by atoms with Crippen molar-refractivity contribution in [1.29, 1.82) is 0 Å². The van der Waals surface area contributed by atoms with Crippen LogP contribution < -0.4 is 5.32 Å². The molecule has 0 aromatic carbocycles. The van der Waals surface area contributed by atoms with Crippen molar-refractivity contribution in [3.63, 3.8) is 0 Å². The molecule has 1 aromatic heterocycles. The quantitative estimate of drug-likeness (QED) is 0.849. The monoisotopic (exact) mass is 341 g/mol. The average Bonchev–Trinajstić information content (AvgIpc) is 2.96. The summed E-state index contributed by atoms with van der Waals surface area (Å²) in [5.41, 5.74) is 2.47. The van der Waals surface area contributed by atoms with Gasteiger partial charge in [-0.05, 0) is 61.0 Å². The number of hydrogen-bond donors (Lipinski definition) is 1. The van der Waals surface area contributed by atoms with Gasteiger partial charge in [-0.2, -0.15) is 5.10 Å². The molecule has 3 atom stereocenters. The Morgan fingerprint density at radius 1 is 1.40 bits per heavy atom. The van der Waals surface area contributed by atoms with Crippen LogP contribution in [-0.4, -0.2) is 22.4 Å². The molecule has 1 aliphatic carbocycles. The van der Waals surface area contributed by atoms with Gasteiger partial charge in [-0.15, -0.1) is 0 Å². The Labute approximate surface area is 131 Å². The first-order valence-corrected chi connectivity index (χ1v) is 8.81. The van der Waals surface area contributed by atoms with Crippen molar-refractivity contribution in [1.82, 2.24) is 15.1 Å². The topological polar surface area (TPSA) is 29.9 Å². The number of hydrogen-bond acceptors (Lipinski definition) is 2. The van der Waals surface area contributed by atoms with Crippen LogP contribution in [-0.2, 0) is 13.0 Å². The molecule has 3 unspecified atom stereocenters. The van der Waals surface area contributed by atoms with Crippen LogP contribution in [0, 0.1) is 18.8 Å². The fourth-order valence-electron chi connectivity index (χ4n) is 3.56. The predicted octanol–water partition coefficient (Wildman–Crippen LogP) is 3.93. The third-order valence-electron chi connectivity index (χ3n) is 4.64. The Hall–Kier alpha value is -0.350. The van der Waals surface area contributed by atoms with E-state index in [1.165, 1.54) is 29.4 Å². The molecular weight excluding hydrogens is 314 g/mol. The smallest absolute Gasteiger partial charge is 0.0738 e. The molecule has 1 N–H and O–H groups in total. The summed E-state index contributed by atoms with van der Waals surface area (Å²) in [7, 11) is 0. The van der Waals surface area contributed by atoms with Gasteiger partial charge < -0.3 is 5.32 Å². The van der Waals surface area contributed by atoms with E-state index in [0.717, 1.165) is 37.0 Å². The second-order valence-electron chi connectivity index (χ2n) is 6.21. The van der Waals surface area contributed by atoms with E-state index in [4.69, 9.17) is 0 Å². The van der Waals surface area contributed by atoms with Crippen LogP contribution in [0.15, 0.2) is 4.47 Å². The highest BCUT2D eigenvalue weighted by Gasteiger charge is 2.29. The van der Waals surface area contributed by atoms with Gasteiger partial charge in [0.2, 0.25) is 0 Å². The van der Waals surface area contributed by atoms with Crippen LogP contribution in [0.4, 0.5) is 0 Å². The summed E-state index contributed by atoms with van der Waals surface area (Å²) >= 11 is 3.73. The number of nitrogens with one attached hydrogen (secondary N) is 1. The Morgan fingerprint density at radius 3 is 2.70 bits per heavy atom. The number of likely N-dealkylation sites (N-methyl/N-ethyl adjacent to an activating group) is 1. The zero-order valence-corrected chi connectivity index (χ0v) is 14.8. The van der Waals surface area contributed by atoms with Crippen molar-refractivity contribution in [2.24, 2.45) is 11.8 Å². The van der Waals surface area contributed by atoms with Gasteiger partial charge in [0.05, 0.1) is 15.9 Å². The molecule has 20 heavy (non-hydrogen) atoms. The van der Waals surface area contributed by atoms with Crippen molar-refractivity contribution in [3.8, 4) is 0 Å². The minimum atomic E-state index is 0.586. The number of aromatic nitrogens is 2. The standard InChI is InChI=1S/C16H28BrN3/c1-5-18-14(13-8-7-11(3)9-13)10-15-16(17)12(4)19-20(15)6-2/h11,13-14,18H,5-10H2,1-4H3. The minimum Gasteiger partial charge on any atom is -0.314 e. The number of rotatable bonds is 6. The summed E-state index contributed by atoms with van der Waals surface area (Å²) in [6.07, 6.45) is 5.21. The molecule has 0 bridgehead atoms. The third-order valence-corrected chi connectivity index (χ3v) is 5.67. The van der Waals surface area contributed by atoms with Crippen molar-refractivity contribution in [2.45, 2.75) is 66.0 Å². The highest BCUT2D eigenvalue weighted by Crippen LogP contribution is 2.34. The van der Waals surface area contributed by atoms with Crippen LogP contribution in [0.25, 0.3) is 0 Å². The Morgan fingerprint density at radius 2 is 2.15 bits per heavy atom. The maximum absolute atomic E-state index is 4.63. The molecule has 114 valence electrons. The number of aryl methyl sites for hydroxylation is 2. The van der Waals surface area contributed by atoms with Gasteiger partial charge in [0.1, 0.15) is 0 Å². The fraction of sp³-hybridized carbons (Fsp3) is 0.812. The lowest BCUT2D eigenvalue weighted by Gasteiger charge is -2.25. The molecule has 1 saturated carbocycles. The first-order chi connectivity index (χ1) is 9.56. The van der Waals surface area contributed by atoms with E-state index in [9.17, 15) is 0 Å². The first-order valence-electron chi connectivity index (χ1n) is 8.01. The average molecular weight is 342 g/mol. The largest absolute Gasteiger partial charge is 0.314 e. The predicted molar refractivity (Wildman–Crippen MR) is 88.0 cm³/mol. The van der Waals surface area contributed by atoms with Crippen LogP contribution >= 0.6 is 15.9 Å². The molecule has 0 aliphatic heterocycles. The molecule has 1 aromatic rings. The van der Waals surface area contributed by atoms with Crippen LogP contribution in [0.5, 0.6) is 0 Å². The Bertz CT molecular complexity index is 441. The normalized spacial score (nSPS) is 24.2. The van der Waals surface area contributed by atoms with Gasteiger partial charge in [0.25, 0.3) is 0 Å². The van der Waals surface area contributed by atoms with E-state index >= 15 is 0 Å². The minimum absolute atomic E-state index is 0.586. The third kappa shape index (κ3) is 3.45. The van der Waals surface area contributed by atoms with Crippen molar-refractivity contribution in [3.05, 3.63) is 15.9 Å². The van der Waals surface area contributed by atoms with E-state index in [0.29, 0.717) is 6.04 Å². The van der Waals surface area contributed by atoms with Crippen LogP contribution in [0.1, 0.15) is 51.4 Å². The molecule has 1 aliphatic rings. The maximum Gasteiger partial charge on any atom is 0.0738 e. The van der Waals surface area contributed by atoms with E-state index in [2.05, 4.69) is 58.7 Å². The molecule has 0 spiro atoms. The number of nitrogens with zero attached hydrogens (tertiary/aromatic N) is 2. The second-order valence-corrected chi connectivity index (χ2v) is 7.00. The van der Waals surface area contributed by atoms with Gasteiger partial charge in [-0.25, -0.2) is 0 Å². The summed E-state index contributed by atoms with van der Waals surface area (Å²) < 4.78 is 3.36. The van der Waals surface area contributed by atoms with Crippen molar-refractivity contribution < 1.29 is 0 Å². The van der Waals surface area contributed by atoms with Gasteiger partial charge in [0.15, 0.2) is 0 Å². The molecule has 1 heterocycles.